The molecule has 0 N–H and O–H groups in total. The lowest BCUT2D eigenvalue weighted by Gasteiger charge is -2.35. The number of carbonyl (C=O) groups is 1. The van der Waals surface area contributed by atoms with Crippen LogP contribution in [0, 0.1) is 0 Å². The second-order valence-electron chi connectivity index (χ2n) is 6.25. The highest BCUT2D eigenvalue weighted by Crippen LogP contribution is 2.29. The molecule has 1 aliphatic heterocycles. The molecule has 0 atom stereocenters. The van der Waals surface area contributed by atoms with Gasteiger partial charge in [-0.25, -0.2) is 0 Å². The predicted octanol–water partition coefficient (Wildman–Crippen LogP) is 4.72. The Bertz CT molecular complexity index is 826. The van der Waals surface area contributed by atoms with Crippen molar-refractivity contribution in [3.8, 4) is 0 Å². The largest absolute Gasteiger partial charge is 0.416 e. The van der Waals surface area contributed by atoms with E-state index in [4.69, 9.17) is 11.6 Å². The first-order valence-electron chi connectivity index (χ1n) is 8.48. The van der Waals surface area contributed by atoms with Gasteiger partial charge in [0.1, 0.15) is 0 Å². The smallest absolute Gasteiger partial charge is 0.368 e. The molecule has 0 saturated carbocycles. The number of amides is 1. The minimum Gasteiger partial charge on any atom is -0.368 e. The van der Waals surface area contributed by atoms with E-state index in [1.54, 1.807) is 4.90 Å². The highest BCUT2D eigenvalue weighted by atomic mass is 35.5. The van der Waals surface area contributed by atoms with Crippen LogP contribution in [0.3, 0.4) is 0 Å². The zero-order valence-corrected chi connectivity index (χ0v) is 15.2. The number of hydrogen-bond acceptors (Lipinski definition) is 2. The number of nitrogens with zero attached hydrogens (tertiary/aromatic N) is 2. The maximum atomic E-state index is 12.6. The summed E-state index contributed by atoms with van der Waals surface area (Å²) >= 11 is 6.01. The van der Waals surface area contributed by atoms with Crippen molar-refractivity contribution in [2.45, 2.75) is 6.18 Å². The molecule has 142 valence electrons. The second kappa shape index (κ2) is 8.05. The van der Waals surface area contributed by atoms with Crippen LogP contribution in [0.1, 0.15) is 11.1 Å². The first kappa shape index (κ1) is 19.3. The van der Waals surface area contributed by atoms with Gasteiger partial charge in [-0.2, -0.15) is 13.2 Å². The minimum atomic E-state index is -4.36. The first-order chi connectivity index (χ1) is 12.8. The third-order valence-corrected chi connectivity index (χ3v) is 4.66. The zero-order chi connectivity index (χ0) is 19.4. The molecule has 3 rings (SSSR count). The van der Waals surface area contributed by atoms with E-state index < -0.39 is 11.7 Å². The highest BCUT2D eigenvalue weighted by molar-refractivity contribution is 6.30. The van der Waals surface area contributed by atoms with E-state index in [0.29, 0.717) is 36.8 Å². The number of carbonyl (C=O) groups excluding carboxylic acids is 1. The topological polar surface area (TPSA) is 23.6 Å². The SMILES string of the molecule is O=C(/C=C/c1ccc(C(F)(F)F)cc1)N1CCN(c2cccc(Cl)c2)CC1. The normalized spacial score (nSPS) is 15.4. The van der Waals surface area contributed by atoms with Gasteiger partial charge < -0.3 is 9.80 Å². The van der Waals surface area contributed by atoms with E-state index in [1.807, 2.05) is 24.3 Å². The van der Waals surface area contributed by atoms with E-state index in [-0.39, 0.29) is 5.91 Å². The van der Waals surface area contributed by atoms with Crippen molar-refractivity contribution in [1.82, 2.24) is 4.90 Å². The Labute approximate surface area is 160 Å². The van der Waals surface area contributed by atoms with Gasteiger partial charge >= 0.3 is 6.18 Å². The van der Waals surface area contributed by atoms with Crippen molar-refractivity contribution >= 4 is 29.3 Å². The van der Waals surface area contributed by atoms with Gasteiger partial charge in [-0.05, 0) is 42.0 Å². The maximum absolute atomic E-state index is 12.6. The van der Waals surface area contributed by atoms with Crippen molar-refractivity contribution in [1.29, 1.82) is 0 Å². The molecule has 2 aromatic carbocycles. The van der Waals surface area contributed by atoms with Crippen LogP contribution < -0.4 is 4.90 Å². The molecule has 7 heteroatoms. The number of anilines is 1. The van der Waals surface area contributed by atoms with Crippen molar-refractivity contribution in [2.75, 3.05) is 31.1 Å². The molecule has 1 aliphatic rings. The second-order valence-corrected chi connectivity index (χ2v) is 6.68. The summed E-state index contributed by atoms with van der Waals surface area (Å²) in [6.45, 7) is 2.53. The van der Waals surface area contributed by atoms with E-state index in [2.05, 4.69) is 4.90 Å². The van der Waals surface area contributed by atoms with Crippen LogP contribution in [-0.4, -0.2) is 37.0 Å². The Hall–Kier alpha value is -2.47. The molecular formula is C20H18ClF3N2O. The van der Waals surface area contributed by atoms with Gasteiger partial charge in [0.25, 0.3) is 0 Å². The van der Waals surface area contributed by atoms with Crippen molar-refractivity contribution in [2.24, 2.45) is 0 Å². The molecule has 1 saturated heterocycles. The minimum absolute atomic E-state index is 0.152. The summed E-state index contributed by atoms with van der Waals surface area (Å²) in [6.07, 6.45) is -1.43. The van der Waals surface area contributed by atoms with Crippen LogP contribution in [-0.2, 0) is 11.0 Å². The fourth-order valence-electron chi connectivity index (χ4n) is 2.91. The third-order valence-electron chi connectivity index (χ3n) is 4.42. The Balaban J connectivity index is 1.55. The fourth-order valence-corrected chi connectivity index (χ4v) is 3.10. The summed E-state index contributed by atoms with van der Waals surface area (Å²) in [7, 11) is 0. The Morgan fingerprint density at radius 3 is 2.26 bits per heavy atom. The molecule has 27 heavy (non-hydrogen) atoms. The number of rotatable bonds is 3. The molecule has 0 aliphatic carbocycles. The average Bonchev–Trinajstić information content (AvgIpc) is 2.66. The summed E-state index contributed by atoms with van der Waals surface area (Å²) in [5.41, 5.74) is 0.868. The number of benzene rings is 2. The van der Waals surface area contributed by atoms with Gasteiger partial charge in [0.05, 0.1) is 5.56 Å². The molecule has 0 spiro atoms. The summed E-state index contributed by atoms with van der Waals surface area (Å²) in [5, 5.41) is 0.672. The standard InChI is InChI=1S/C20H18ClF3N2O/c21-17-2-1-3-18(14-17)25-10-12-26(13-11-25)19(27)9-6-15-4-7-16(8-5-15)20(22,23)24/h1-9,14H,10-13H2/b9-6+. The van der Waals surface area contributed by atoms with Crippen LogP contribution in [0.15, 0.2) is 54.6 Å². The molecule has 0 aromatic heterocycles. The lowest BCUT2D eigenvalue weighted by atomic mass is 10.1. The summed E-state index contributed by atoms with van der Waals surface area (Å²) in [6, 6.07) is 12.3. The monoisotopic (exact) mass is 394 g/mol. The highest BCUT2D eigenvalue weighted by Gasteiger charge is 2.29. The number of halogens is 4. The molecule has 1 fully saturated rings. The Kier molecular flexibility index (Phi) is 5.75. The van der Waals surface area contributed by atoms with Crippen LogP contribution in [0.4, 0.5) is 18.9 Å². The number of hydrogen-bond donors (Lipinski definition) is 0. The van der Waals surface area contributed by atoms with Gasteiger partial charge in [-0.15, -0.1) is 0 Å². The third kappa shape index (κ3) is 5.04. The van der Waals surface area contributed by atoms with Gasteiger partial charge in [0, 0.05) is 43.0 Å². The Morgan fingerprint density at radius 1 is 1.00 bits per heavy atom. The van der Waals surface area contributed by atoms with E-state index in [0.717, 1.165) is 17.8 Å². The van der Waals surface area contributed by atoms with E-state index >= 15 is 0 Å². The van der Waals surface area contributed by atoms with Gasteiger partial charge in [-0.1, -0.05) is 29.8 Å². The quantitative estimate of drug-likeness (QED) is 0.703. The fraction of sp³-hybridized carbons (Fsp3) is 0.250. The molecule has 0 unspecified atom stereocenters. The maximum Gasteiger partial charge on any atom is 0.416 e. The zero-order valence-electron chi connectivity index (χ0n) is 14.4. The van der Waals surface area contributed by atoms with Gasteiger partial charge in [0.2, 0.25) is 5.91 Å². The van der Waals surface area contributed by atoms with Crippen molar-refractivity contribution in [3.63, 3.8) is 0 Å². The lowest BCUT2D eigenvalue weighted by Crippen LogP contribution is -2.48. The summed E-state index contributed by atoms with van der Waals surface area (Å²) < 4.78 is 37.7. The number of piperazine rings is 1. The molecule has 2 aromatic rings. The van der Waals surface area contributed by atoms with Crippen LogP contribution in [0.2, 0.25) is 5.02 Å². The number of alkyl halides is 3. The van der Waals surface area contributed by atoms with Crippen LogP contribution in [0.25, 0.3) is 6.08 Å². The van der Waals surface area contributed by atoms with Crippen molar-refractivity contribution in [3.05, 3.63) is 70.8 Å². The van der Waals surface area contributed by atoms with Gasteiger partial charge in [0.15, 0.2) is 0 Å². The average molecular weight is 395 g/mol. The Morgan fingerprint density at radius 2 is 1.67 bits per heavy atom. The molecule has 3 nitrogen and oxygen atoms in total. The van der Waals surface area contributed by atoms with E-state index in [1.165, 1.54) is 24.3 Å². The first-order valence-corrected chi connectivity index (χ1v) is 8.85. The van der Waals surface area contributed by atoms with Crippen LogP contribution >= 0.6 is 11.6 Å². The molecule has 1 amide bonds. The van der Waals surface area contributed by atoms with E-state index in [9.17, 15) is 18.0 Å². The molecule has 0 radical (unpaired) electrons. The molecular weight excluding hydrogens is 377 g/mol. The van der Waals surface area contributed by atoms with Crippen LogP contribution in [0.5, 0.6) is 0 Å². The summed E-state index contributed by atoms with van der Waals surface area (Å²) in [5.74, 6) is -0.152. The molecule has 0 bridgehead atoms. The van der Waals surface area contributed by atoms with Crippen molar-refractivity contribution < 1.29 is 18.0 Å². The predicted molar refractivity (Wildman–Crippen MR) is 101 cm³/mol. The lowest BCUT2D eigenvalue weighted by molar-refractivity contribution is -0.137. The molecule has 1 heterocycles. The summed E-state index contributed by atoms with van der Waals surface area (Å²) in [4.78, 5) is 16.2. The van der Waals surface area contributed by atoms with Gasteiger partial charge in [-0.3, -0.25) is 4.79 Å².